The number of hydrogen-bond acceptors (Lipinski definition) is 3. The van der Waals surface area contributed by atoms with Crippen molar-refractivity contribution in [1.29, 1.82) is 0 Å². The van der Waals surface area contributed by atoms with Gasteiger partial charge in [-0.3, -0.25) is 0 Å². The molecule has 1 aromatic heterocycles. The van der Waals surface area contributed by atoms with Crippen molar-refractivity contribution in [3.8, 4) is 0 Å². The van der Waals surface area contributed by atoms with Gasteiger partial charge in [-0.15, -0.1) is 0 Å². The summed E-state index contributed by atoms with van der Waals surface area (Å²) in [6.45, 7) is 4.00. The quantitative estimate of drug-likeness (QED) is 0.818. The van der Waals surface area contributed by atoms with E-state index in [9.17, 15) is 0 Å². The second-order valence-electron chi connectivity index (χ2n) is 2.83. The molecule has 0 atom stereocenters. The lowest BCUT2D eigenvalue weighted by Gasteiger charge is -1.95. The Balaban J connectivity index is 0.000000531. The van der Waals surface area contributed by atoms with Crippen LogP contribution in [0.1, 0.15) is 25.2 Å². The van der Waals surface area contributed by atoms with E-state index >= 15 is 0 Å². The van der Waals surface area contributed by atoms with Crippen LogP contribution in [0.25, 0.3) is 0 Å². The smallest absolute Gasteiger partial charge is 0.292 e. The van der Waals surface area contributed by atoms with Crippen LogP contribution in [0, 0.1) is 0 Å². The lowest BCUT2D eigenvalue weighted by molar-refractivity contribution is 0.534. The first-order valence-electron chi connectivity index (χ1n) is 5.09. The predicted molar refractivity (Wildman–Crippen MR) is 61.5 cm³/mol. The number of rotatable bonds is 2. The summed E-state index contributed by atoms with van der Waals surface area (Å²) >= 11 is 0. The summed E-state index contributed by atoms with van der Waals surface area (Å²) < 4.78 is 5.15. The van der Waals surface area contributed by atoms with Gasteiger partial charge in [0, 0.05) is 6.42 Å². The molecule has 0 aliphatic carbocycles. The van der Waals surface area contributed by atoms with Crippen LogP contribution in [0.4, 0.5) is 6.01 Å². The molecule has 15 heavy (non-hydrogen) atoms. The molecule has 0 spiro atoms. The molecule has 0 aliphatic rings. The maximum atomic E-state index is 5.35. The fourth-order valence-electron chi connectivity index (χ4n) is 1.20. The summed E-state index contributed by atoms with van der Waals surface area (Å²) in [5.41, 5.74) is 6.55. The van der Waals surface area contributed by atoms with Crippen LogP contribution >= 0.6 is 0 Å². The van der Waals surface area contributed by atoms with E-state index in [1.165, 1.54) is 5.56 Å². The fraction of sp³-hybridized carbons (Fsp3) is 0.250. The van der Waals surface area contributed by atoms with Gasteiger partial charge in [0.25, 0.3) is 6.01 Å². The van der Waals surface area contributed by atoms with Crippen molar-refractivity contribution in [2.45, 2.75) is 20.3 Å². The highest BCUT2D eigenvalue weighted by molar-refractivity contribution is 5.21. The number of oxazole rings is 1. The zero-order chi connectivity index (χ0) is 11.1. The molecule has 80 valence electrons. The van der Waals surface area contributed by atoms with E-state index in [0.29, 0.717) is 0 Å². The zero-order valence-corrected chi connectivity index (χ0v) is 9.10. The van der Waals surface area contributed by atoms with E-state index in [1.807, 2.05) is 44.2 Å². The normalized spacial score (nSPS) is 9.20. The van der Waals surface area contributed by atoms with Gasteiger partial charge in [0.15, 0.2) is 0 Å². The Morgan fingerprint density at radius 3 is 2.40 bits per heavy atom. The molecule has 2 N–H and O–H groups in total. The third-order valence-electron chi connectivity index (χ3n) is 1.79. The van der Waals surface area contributed by atoms with E-state index < -0.39 is 0 Å². The van der Waals surface area contributed by atoms with E-state index in [4.69, 9.17) is 10.2 Å². The number of nitrogens with zero attached hydrogens (tertiary/aromatic N) is 1. The Labute approximate surface area is 89.9 Å². The van der Waals surface area contributed by atoms with Crippen LogP contribution in [0.15, 0.2) is 40.9 Å². The van der Waals surface area contributed by atoms with Crippen molar-refractivity contribution in [3.05, 3.63) is 47.9 Å². The highest BCUT2D eigenvalue weighted by Gasteiger charge is 2.00. The van der Waals surface area contributed by atoms with Crippen LogP contribution in [0.3, 0.4) is 0 Å². The Morgan fingerprint density at radius 1 is 1.20 bits per heavy atom. The number of hydrogen-bond donors (Lipinski definition) is 1. The Bertz CT molecular complexity index is 382. The van der Waals surface area contributed by atoms with E-state index in [1.54, 1.807) is 6.20 Å². The number of benzene rings is 1. The standard InChI is InChI=1S/C10H10N2O.C2H6/c11-10-12-7-9(13-10)6-8-4-2-1-3-5-8;1-2/h1-5,7H,6H2,(H2,11,12);1-2H3. The average molecular weight is 204 g/mol. The molecule has 1 heterocycles. The van der Waals surface area contributed by atoms with Crippen LogP contribution in [-0.2, 0) is 6.42 Å². The Hall–Kier alpha value is -1.77. The Morgan fingerprint density at radius 2 is 1.87 bits per heavy atom. The van der Waals surface area contributed by atoms with E-state index in [-0.39, 0.29) is 6.01 Å². The van der Waals surface area contributed by atoms with Gasteiger partial charge in [0.1, 0.15) is 5.76 Å². The maximum absolute atomic E-state index is 5.35. The molecule has 2 rings (SSSR count). The minimum Gasteiger partial charge on any atom is -0.429 e. The topological polar surface area (TPSA) is 52.0 Å². The molecule has 0 amide bonds. The van der Waals surface area contributed by atoms with Crippen LogP contribution in [0.5, 0.6) is 0 Å². The molecule has 0 saturated carbocycles. The van der Waals surface area contributed by atoms with Crippen molar-refractivity contribution < 1.29 is 4.42 Å². The predicted octanol–water partition coefficient (Wildman–Crippen LogP) is 2.87. The van der Waals surface area contributed by atoms with Gasteiger partial charge < -0.3 is 10.2 Å². The SMILES string of the molecule is CC.Nc1ncc(Cc2ccccc2)o1. The minimum atomic E-state index is 0.228. The zero-order valence-electron chi connectivity index (χ0n) is 9.10. The third-order valence-corrected chi connectivity index (χ3v) is 1.79. The summed E-state index contributed by atoms with van der Waals surface area (Å²) in [7, 11) is 0. The van der Waals surface area contributed by atoms with Gasteiger partial charge in [-0.1, -0.05) is 44.2 Å². The first kappa shape index (κ1) is 11.3. The van der Waals surface area contributed by atoms with Gasteiger partial charge in [-0.05, 0) is 5.56 Å². The average Bonchev–Trinajstić information content (AvgIpc) is 2.68. The number of nitrogens with two attached hydrogens (primary N) is 1. The molecule has 3 heteroatoms. The summed E-state index contributed by atoms with van der Waals surface area (Å²) in [5, 5.41) is 0. The molecule has 0 saturated heterocycles. The van der Waals surface area contributed by atoms with Crippen LogP contribution < -0.4 is 5.73 Å². The summed E-state index contributed by atoms with van der Waals surface area (Å²) in [5.74, 6) is 0.795. The minimum absolute atomic E-state index is 0.228. The second kappa shape index (κ2) is 5.86. The largest absolute Gasteiger partial charge is 0.429 e. The molecule has 3 nitrogen and oxygen atoms in total. The molecular formula is C12H16N2O. The maximum Gasteiger partial charge on any atom is 0.292 e. The molecule has 0 unspecified atom stereocenters. The second-order valence-corrected chi connectivity index (χ2v) is 2.83. The summed E-state index contributed by atoms with van der Waals surface area (Å²) in [4.78, 5) is 3.82. The summed E-state index contributed by atoms with van der Waals surface area (Å²) in [6.07, 6.45) is 2.40. The van der Waals surface area contributed by atoms with Crippen molar-refractivity contribution in [3.63, 3.8) is 0 Å². The molecule has 2 aromatic rings. The molecule has 0 radical (unpaired) electrons. The molecule has 0 fully saturated rings. The van der Waals surface area contributed by atoms with Gasteiger partial charge >= 0.3 is 0 Å². The molecule has 0 aliphatic heterocycles. The first-order chi connectivity index (χ1) is 7.34. The number of aromatic nitrogens is 1. The lowest BCUT2D eigenvalue weighted by Crippen LogP contribution is -1.84. The van der Waals surface area contributed by atoms with E-state index in [0.717, 1.165) is 12.2 Å². The van der Waals surface area contributed by atoms with Crippen molar-refractivity contribution in [1.82, 2.24) is 4.98 Å². The van der Waals surface area contributed by atoms with Crippen LogP contribution in [-0.4, -0.2) is 4.98 Å². The summed E-state index contributed by atoms with van der Waals surface area (Å²) in [6, 6.07) is 10.3. The van der Waals surface area contributed by atoms with E-state index in [2.05, 4.69) is 4.98 Å². The number of nitrogen functional groups attached to an aromatic ring is 1. The van der Waals surface area contributed by atoms with Crippen LogP contribution in [0.2, 0.25) is 0 Å². The lowest BCUT2D eigenvalue weighted by atomic mass is 10.1. The molecule has 1 aromatic carbocycles. The molecule has 0 bridgehead atoms. The van der Waals surface area contributed by atoms with Gasteiger partial charge in [-0.2, -0.15) is 0 Å². The van der Waals surface area contributed by atoms with Crippen molar-refractivity contribution in [2.75, 3.05) is 5.73 Å². The highest BCUT2D eigenvalue weighted by Crippen LogP contribution is 2.10. The van der Waals surface area contributed by atoms with Crippen molar-refractivity contribution >= 4 is 6.01 Å². The fourth-order valence-corrected chi connectivity index (χ4v) is 1.20. The highest BCUT2D eigenvalue weighted by atomic mass is 16.4. The van der Waals surface area contributed by atoms with Gasteiger partial charge in [0.2, 0.25) is 0 Å². The monoisotopic (exact) mass is 204 g/mol. The van der Waals surface area contributed by atoms with Crippen molar-refractivity contribution in [2.24, 2.45) is 0 Å². The first-order valence-corrected chi connectivity index (χ1v) is 5.09. The van der Waals surface area contributed by atoms with Gasteiger partial charge in [0.05, 0.1) is 6.20 Å². The van der Waals surface area contributed by atoms with Gasteiger partial charge in [-0.25, -0.2) is 4.98 Å². The number of anilines is 1. The third kappa shape index (κ3) is 3.46. The Kier molecular flexibility index (Phi) is 4.41. The molecular weight excluding hydrogens is 188 g/mol.